The van der Waals surface area contributed by atoms with E-state index >= 15 is 0 Å². The monoisotopic (exact) mass is 376 g/mol. The van der Waals surface area contributed by atoms with Crippen LogP contribution in [0.2, 0.25) is 0 Å². The first-order valence-corrected chi connectivity index (χ1v) is 11.1. The maximum absolute atomic E-state index is 12.3. The van der Waals surface area contributed by atoms with E-state index in [9.17, 15) is 8.42 Å². The van der Waals surface area contributed by atoms with Crippen LogP contribution in [0.1, 0.15) is 9.75 Å². The Morgan fingerprint density at radius 3 is 2.65 bits per heavy atom. The SMILES string of the molecule is CN=C(NCCS(=O)(=O)N1CCSCC1)NCc1ccc(C)s1. The Balaban J connectivity index is 1.74. The molecule has 2 heterocycles. The number of hydrogen-bond acceptors (Lipinski definition) is 5. The Morgan fingerprint density at radius 1 is 1.30 bits per heavy atom. The van der Waals surface area contributed by atoms with Crippen molar-refractivity contribution in [1.29, 1.82) is 0 Å². The molecule has 0 amide bonds. The Labute approximate surface area is 146 Å². The van der Waals surface area contributed by atoms with E-state index in [1.54, 1.807) is 34.5 Å². The minimum Gasteiger partial charge on any atom is -0.355 e. The van der Waals surface area contributed by atoms with Gasteiger partial charge in [-0.1, -0.05) is 0 Å². The molecule has 1 fully saturated rings. The Morgan fingerprint density at radius 2 is 2.04 bits per heavy atom. The summed E-state index contributed by atoms with van der Waals surface area (Å²) in [6.07, 6.45) is 0. The number of thioether (sulfide) groups is 1. The number of nitrogens with one attached hydrogen (secondary N) is 2. The second kappa shape index (κ2) is 8.91. The number of guanidine groups is 1. The summed E-state index contributed by atoms with van der Waals surface area (Å²) >= 11 is 3.54. The summed E-state index contributed by atoms with van der Waals surface area (Å²) in [5, 5.41) is 6.28. The molecule has 9 heteroatoms. The van der Waals surface area contributed by atoms with Crippen LogP contribution >= 0.6 is 23.1 Å². The second-order valence-electron chi connectivity index (χ2n) is 5.19. The van der Waals surface area contributed by atoms with Gasteiger partial charge in [0.2, 0.25) is 10.0 Å². The Bertz CT molecular complexity index is 622. The van der Waals surface area contributed by atoms with Gasteiger partial charge in [0, 0.05) is 47.9 Å². The van der Waals surface area contributed by atoms with Gasteiger partial charge in [0.05, 0.1) is 12.3 Å². The van der Waals surface area contributed by atoms with E-state index in [1.165, 1.54) is 9.75 Å². The molecule has 0 bridgehead atoms. The minimum atomic E-state index is -3.17. The molecule has 0 saturated carbocycles. The molecule has 0 spiro atoms. The molecule has 2 N–H and O–H groups in total. The van der Waals surface area contributed by atoms with Crippen LogP contribution in [0.25, 0.3) is 0 Å². The highest BCUT2D eigenvalue weighted by molar-refractivity contribution is 7.99. The van der Waals surface area contributed by atoms with Gasteiger partial charge >= 0.3 is 0 Å². The molecule has 130 valence electrons. The topological polar surface area (TPSA) is 73.8 Å². The molecule has 0 unspecified atom stereocenters. The van der Waals surface area contributed by atoms with Crippen molar-refractivity contribution in [2.75, 3.05) is 43.9 Å². The molecule has 6 nitrogen and oxygen atoms in total. The number of aliphatic imine (C=N–C) groups is 1. The summed E-state index contributed by atoms with van der Waals surface area (Å²) < 4.78 is 26.1. The molecule has 1 saturated heterocycles. The molecule has 0 aromatic carbocycles. The van der Waals surface area contributed by atoms with Crippen molar-refractivity contribution < 1.29 is 8.42 Å². The van der Waals surface area contributed by atoms with Gasteiger partial charge in [0.25, 0.3) is 0 Å². The van der Waals surface area contributed by atoms with Crippen molar-refractivity contribution in [3.05, 3.63) is 21.9 Å². The van der Waals surface area contributed by atoms with Crippen LogP contribution in [-0.2, 0) is 16.6 Å². The van der Waals surface area contributed by atoms with Crippen LogP contribution in [0.3, 0.4) is 0 Å². The van der Waals surface area contributed by atoms with Crippen molar-refractivity contribution in [3.8, 4) is 0 Å². The maximum atomic E-state index is 12.3. The smallest absolute Gasteiger partial charge is 0.215 e. The number of sulfonamides is 1. The molecule has 0 aliphatic carbocycles. The quantitative estimate of drug-likeness (QED) is 0.575. The van der Waals surface area contributed by atoms with Gasteiger partial charge in [-0.15, -0.1) is 11.3 Å². The molecule has 2 rings (SSSR count). The predicted octanol–water partition coefficient (Wildman–Crippen LogP) is 1.10. The molecule has 1 aromatic rings. The van der Waals surface area contributed by atoms with E-state index in [4.69, 9.17) is 0 Å². The van der Waals surface area contributed by atoms with Crippen molar-refractivity contribution >= 4 is 39.1 Å². The minimum absolute atomic E-state index is 0.0937. The summed E-state index contributed by atoms with van der Waals surface area (Å²) in [4.78, 5) is 6.63. The standard InChI is InChI=1S/C14H24N4O2S3/c1-12-3-4-13(22-12)11-17-14(15-2)16-5-10-23(19,20)18-6-8-21-9-7-18/h3-4H,5-11H2,1-2H3,(H2,15,16,17). The normalized spacial score (nSPS) is 17.2. The fraction of sp³-hybridized carbons (Fsp3) is 0.643. The number of nitrogens with zero attached hydrogens (tertiary/aromatic N) is 2. The average Bonchev–Trinajstić information content (AvgIpc) is 2.97. The van der Waals surface area contributed by atoms with E-state index in [2.05, 4.69) is 34.7 Å². The van der Waals surface area contributed by atoms with Gasteiger partial charge in [0.15, 0.2) is 5.96 Å². The van der Waals surface area contributed by atoms with Crippen LogP contribution in [0.5, 0.6) is 0 Å². The zero-order valence-electron chi connectivity index (χ0n) is 13.5. The molecule has 0 radical (unpaired) electrons. The van der Waals surface area contributed by atoms with Crippen LogP contribution in [0, 0.1) is 6.92 Å². The third-order valence-corrected chi connectivity index (χ3v) is 7.28. The molecule has 0 atom stereocenters. The lowest BCUT2D eigenvalue weighted by Crippen LogP contribution is -2.44. The van der Waals surface area contributed by atoms with Crippen LogP contribution in [-0.4, -0.2) is 62.6 Å². The molecule has 1 aliphatic rings. The summed E-state index contributed by atoms with van der Waals surface area (Å²) in [5.41, 5.74) is 0. The number of aryl methyl sites for hydroxylation is 1. The van der Waals surface area contributed by atoms with Crippen molar-refractivity contribution in [2.24, 2.45) is 4.99 Å². The van der Waals surface area contributed by atoms with Gasteiger partial charge in [-0.3, -0.25) is 4.99 Å². The summed E-state index contributed by atoms with van der Waals surface area (Å²) in [6, 6.07) is 4.17. The predicted molar refractivity (Wildman–Crippen MR) is 99.9 cm³/mol. The summed E-state index contributed by atoms with van der Waals surface area (Å²) in [5.74, 6) is 2.49. The first-order valence-electron chi connectivity index (χ1n) is 7.56. The van der Waals surface area contributed by atoms with Gasteiger partial charge in [-0.2, -0.15) is 11.8 Å². The first kappa shape index (κ1) is 18.6. The van der Waals surface area contributed by atoms with E-state index < -0.39 is 10.0 Å². The highest BCUT2D eigenvalue weighted by Gasteiger charge is 2.23. The van der Waals surface area contributed by atoms with Crippen LogP contribution in [0.4, 0.5) is 0 Å². The number of thiophene rings is 1. The lowest BCUT2D eigenvalue weighted by Gasteiger charge is -2.25. The fourth-order valence-corrected chi connectivity index (χ4v) is 5.55. The summed E-state index contributed by atoms with van der Waals surface area (Å²) in [7, 11) is -1.49. The molecule has 1 aliphatic heterocycles. The lowest BCUT2D eigenvalue weighted by atomic mass is 10.4. The first-order chi connectivity index (χ1) is 11.0. The average molecular weight is 377 g/mol. The van der Waals surface area contributed by atoms with Crippen molar-refractivity contribution in [2.45, 2.75) is 13.5 Å². The molecule has 1 aromatic heterocycles. The van der Waals surface area contributed by atoms with E-state index in [-0.39, 0.29) is 5.75 Å². The van der Waals surface area contributed by atoms with Gasteiger partial charge < -0.3 is 10.6 Å². The Kier molecular flexibility index (Phi) is 7.19. The lowest BCUT2D eigenvalue weighted by molar-refractivity contribution is 0.443. The van der Waals surface area contributed by atoms with Crippen molar-refractivity contribution in [3.63, 3.8) is 0 Å². The van der Waals surface area contributed by atoms with E-state index in [1.807, 2.05) is 0 Å². The molecular weight excluding hydrogens is 352 g/mol. The van der Waals surface area contributed by atoms with E-state index in [0.29, 0.717) is 32.1 Å². The number of rotatable bonds is 6. The zero-order valence-corrected chi connectivity index (χ0v) is 16.0. The highest BCUT2D eigenvalue weighted by Crippen LogP contribution is 2.14. The molecular formula is C14H24N4O2S3. The van der Waals surface area contributed by atoms with Crippen molar-refractivity contribution in [1.82, 2.24) is 14.9 Å². The highest BCUT2D eigenvalue weighted by atomic mass is 32.2. The van der Waals surface area contributed by atoms with Crippen LogP contribution < -0.4 is 10.6 Å². The third kappa shape index (κ3) is 5.98. The maximum Gasteiger partial charge on any atom is 0.215 e. The van der Waals surface area contributed by atoms with Gasteiger partial charge in [0.1, 0.15) is 0 Å². The van der Waals surface area contributed by atoms with Gasteiger partial charge in [-0.25, -0.2) is 12.7 Å². The summed E-state index contributed by atoms with van der Waals surface area (Å²) in [6.45, 7) is 4.37. The third-order valence-electron chi connectivity index (χ3n) is 3.47. The largest absolute Gasteiger partial charge is 0.355 e. The fourth-order valence-electron chi connectivity index (χ4n) is 2.22. The van der Waals surface area contributed by atoms with E-state index in [0.717, 1.165) is 11.5 Å². The zero-order chi connectivity index (χ0) is 16.7. The van der Waals surface area contributed by atoms with Gasteiger partial charge in [-0.05, 0) is 19.1 Å². The number of hydrogen-bond donors (Lipinski definition) is 2. The molecule has 23 heavy (non-hydrogen) atoms. The van der Waals surface area contributed by atoms with Crippen LogP contribution in [0.15, 0.2) is 17.1 Å². The second-order valence-corrected chi connectivity index (χ2v) is 9.88. The Hall–Kier alpha value is -0.770.